The molecule has 0 amide bonds. The average Bonchev–Trinajstić information content (AvgIpc) is 2.61. The summed E-state index contributed by atoms with van der Waals surface area (Å²) >= 11 is 0. The van der Waals surface area contributed by atoms with Crippen LogP contribution in [-0.4, -0.2) is 66.6 Å². The predicted octanol–water partition coefficient (Wildman–Crippen LogP) is 2.59. The lowest BCUT2D eigenvalue weighted by Gasteiger charge is -2.30. The predicted molar refractivity (Wildman–Crippen MR) is 92.0 cm³/mol. The van der Waals surface area contributed by atoms with Gasteiger partial charge in [-0.1, -0.05) is 26.2 Å². The Labute approximate surface area is 143 Å². The molecule has 23 heavy (non-hydrogen) atoms. The van der Waals surface area contributed by atoms with Crippen molar-refractivity contribution in [1.82, 2.24) is 0 Å². The van der Waals surface area contributed by atoms with Gasteiger partial charge in [0.25, 0.3) is 0 Å². The Morgan fingerprint density at radius 3 is 1.61 bits per heavy atom. The molecule has 0 radical (unpaired) electrons. The van der Waals surface area contributed by atoms with E-state index in [0.29, 0.717) is 6.04 Å². The van der Waals surface area contributed by atoms with Crippen LogP contribution < -0.4 is 0 Å². The van der Waals surface area contributed by atoms with Crippen LogP contribution in [0.15, 0.2) is 0 Å². The van der Waals surface area contributed by atoms with Crippen LogP contribution in [0.3, 0.4) is 0 Å². The molecule has 7 nitrogen and oxygen atoms in total. The molecule has 1 unspecified atom stereocenters. The first-order chi connectivity index (χ1) is 11.0. The van der Waals surface area contributed by atoms with Crippen LogP contribution in [0.5, 0.6) is 0 Å². The summed E-state index contributed by atoms with van der Waals surface area (Å²) in [6.07, 6.45) is 4.96. The van der Waals surface area contributed by atoms with E-state index in [4.69, 9.17) is 31.0 Å². The van der Waals surface area contributed by atoms with Gasteiger partial charge in [-0.15, -0.1) is 0 Å². The van der Waals surface area contributed by atoms with Gasteiger partial charge in [-0.3, -0.25) is 0 Å². The molecular formula is C14H34O7Si2. The minimum absolute atomic E-state index is 0.0552. The Kier molecular flexibility index (Phi) is 12.6. The maximum atomic E-state index is 6.09. The topological polar surface area (TPSA) is 64.6 Å². The molecule has 0 fully saturated rings. The highest BCUT2D eigenvalue weighted by Crippen LogP contribution is 2.24. The monoisotopic (exact) mass is 370 g/mol. The molecule has 0 rings (SSSR count). The molecule has 9 heteroatoms. The van der Waals surface area contributed by atoms with Gasteiger partial charge in [-0.25, -0.2) is 0 Å². The second-order valence-electron chi connectivity index (χ2n) is 5.18. The first-order valence-electron chi connectivity index (χ1n) is 7.99. The third-order valence-electron chi connectivity index (χ3n) is 3.90. The number of hydrogen-bond acceptors (Lipinski definition) is 7. The molecule has 0 saturated carbocycles. The third kappa shape index (κ3) is 7.71. The van der Waals surface area contributed by atoms with E-state index in [1.165, 1.54) is 0 Å². The molecule has 1 atom stereocenters. The van der Waals surface area contributed by atoms with Gasteiger partial charge < -0.3 is 31.0 Å². The number of rotatable bonds is 15. The first-order valence-corrected chi connectivity index (χ1v) is 11.6. The van der Waals surface area contributed by atoms with E-state index in [9.17, 15) is 0 Å². The van der Waals surface area contributed by atoms with Crippen molar-refractivity contribution >= 4 is 17.9 Å². The van der Waals surface area contributed by atoms with E-state index in [1.54, 1.807) is 42.7 Å². The van der Waals surface area contributed by atoms with Gasteiger partial charge in [-0.05, 0) is 12.8 Å². The standard InChI is InChI=1S/C14H34O7Si2/c1-8-9-10-11-14(21-23(18-5,19-6)20-7)12-13-22(15-2,16-3)17-4/h14H,8-13H2,1-7H3. The summed E-state index contributed by atoms with van der Waals surface area (Å²) in [4.78, 5) is 0. The summed E-state index contributed by atoms with van der Waals surface area (Å²) in [7, 11) is 3.78. The van der Waals surface area contributed by atoms with Crippen LogP contribution in [0.1, 0.15) is 39.0 Å². The van der Waals surface area contributed by atoms with Gasteiger partial charge in [0.1, 0.15) is 0 Å². The van der Waals surface area contributed by atoms with Crippen LogP contribution in [-0.2, 0) is 31.0 Å². The maximum Gasteiger partial charge on any atom is 0.679 e. The summed E-state index contributed by atoms with van der Waals surface area (Å²) in [6, 6.07) is 0.662. The van der Waals surface area contributed by atoms with E-state index in [-0.39, 0.29) is 6.10 Å². The summed E-state index contributed by atoms with van der Waals surface area (Å²) in [5.74, 6) is 0. The Bertz CT molecular complexity index is 270. The van der Waals surface area contributed by atoms with Crippen molar-refractivity contribution < 1.29 is 31.0 Å². The summed E-state index contributed by atoms with van der Waals surface area (Å²) < 4.78 is 38.6. The Hall–Kier alpha value is 0.154. The van der Waals surface area contributed by atoms with Crippen molar-refractivity contribution in [3.05, 3.63) is 0 Å². The molecule has 0 aromatic carbocycles. The van der Waals surface area contributed by atoms with Gasteiger partial charge in [-0.2, -0.15) is 0 Å². The number of unbranched alkanes of at least 4 members (excludes halogenated alkanes) is 2. The van der Waals surface area contributed by atoms with Crippen molar-refractivity contribution in [3.8, 4) is 0 Å². The first kappa shape index (κ1) is 23.2. The van der Waals surface area contributed by atoms with Crippen LogP contribution >= 0.6 is 0 Å². The highest BCUT2D eigenvalue weighted by molar-refractivity contribution is 6.60. The molecule has 140 valence electrons. The fraction of sp³-hybridized carbons (Fsp3) is 1.00. The molecule has 0 aliphatic carbocycles. The molecule has 0 N–H and O–H groups in total. The van der Waals surface area contributed by atoms with Gasteiger partial charge in [0.2, 0.25) is 0 Å². The minimum Gasteiger partial charge on any atom is -0.377 e. The Balaban J connectivity index is 4.85. The van der Waals surface area contributed by atoms with E-state index in [1.807, 2.05) is 0 Å². The molecule has 0 saturated heterocycles. The lowest BCUT2D eigenvalue weighted by atomic mass is 10.1. The van der Waals surface area contributed by atoms with Crippen molar-refractivity contribution in [2.24, 2.45) is 0 Å². The fourth-order valence-corrected chi connectivity index (χ4v) is 5.60. The molecule has 0 aliphatic rings. The number of hydrogen-bond donors (Lipinski definition) is 0. The van der Waals surface area contributed by atoms with Gasteiger partial charge in [0, 0.05) is 48.7 Å². The van der Waals surface area contributed by atoms with Crippen LogP contribution in [0.2, 0.25) is 6.04 Å². The highest BCUT2D eigenvalue weighted by Gasteiger charge is 2.46. The van der Waals surface area contributed by atoms with Gasteiger partial charge in [0.15, 0.2) is 0 Å². The van der Waals surface area contributed by atoms with E-state index in [2.05, 4.69) is 6.92 Å². The normalized spacial score (nSPS) is 14.2. The van der Waals surface area contributed by atoms with E-state index >= 15 is 0 Å². The van der Waals surface area contributed by atoms with Crippen molar-refractivity contribution in [3.63, 3.8) is 0 Å². The molecule has 0 aromatic rings. The molecule has 0 aliphatic heterocycles. The minimum atomic E-state index is -3.07. The van der Waals surface area contributed by atoms with E-state index < -0.39 is 17.9 Å². The van der Waals surface area contributed by atoms with Crippen LogP contribution in [0, 0.1) is 0 Å². The summed E-state index contributed by atoms with van der Waals surface area (Å²) in [6.45, 7) is 2.17. The fourth-order valence-electron chi connectivity index (χ4n) is 2.38. The zero-order chi connectivity index (χ0) is 17.8. The molecule has 0 heterocycles. The summed E-state index contributed by atoms with van der Waals surface area (Å²) in [5, 5.41) is 0. The summed E-state index contributed by atoms with van der Waals surface area (Å²) in [5.41, 5.74) is 0. The zero-order valence-corrected chi connectivity index (χ0v) is 17.7. The van der Waals surface area contributed by atoms with Crippen molar-refractivity contribution in [1.29, 1.82) is 0 Å². The highest BCUT2D eigenvalue weighted by atomic mass is 28.4. The largest absolute Gasteiger partial charge is 0.679 e. The SMILES string of the molecule is CCCCCC(CC[Si](OC)(OC)OC)O[Si](OC)(OC)OC. The zero-order valence-electron chi connectivity index (χ0n) is 15.7. The lowest BCUT2D eigenvalue weighted by molar-refractivity contribution is -0.0272. The van der Waals surface area contributed by atoms with Crippen LogP contribution in [0.25, 0.3) is 0 Å². The van der Waals surface area contributed by atoms with Gasteiger partial charge in [0.05, 0.1) is 6.10 Å². The third-order valence-corrected chi connectivity index (χ3v) is 8.79. The smallest absolute Gasteiger partial charge is 0.377 e. The molecular weight excluding hydrogens is 336 g/mol. The van der Waals surface area contributed by atoms with Gasteiger partial charge >= 0.3 is 17.9 Å². The second kappa shape index (κ2) is 12.5. The van der Waals surface area contributed by atoms with Crippen molar-refractivity contribution in [2.75, 3.05) is 42.7 Å². The van der Waals surface area contributed by atoms with E-state index in [0.717, 1.165) is 32.1 Å². The Morgan fingerprint density at radius 1 is 0.696 bits per heavy atom. The molecule has 0 bridgehead atoms. The molecule has 0 aromatic heterocycles. The average molecular weight is 371 g/mol. The maximum absolute atomic E-state index is 6.09. The quantitative estimate of drug-likeness (QED) is 0.324. The van der Waals surface area contributed by atoms with Crippen molar-refractivity contribution in [2.45, 2.75) is 51.2 Å². The molecule has 0 spiro atoms. The lowest BCUT2D eigenvalue weighted by Crippen LogP contribution is -2.50. The van der Waals surface area contributed by atoms with Crippen LogP contribution in [0.4, 0.5) is 0 Å². The second-order valence-corrected chi connectivity index (χ2v) is 10.7. The Morgan fingerprint density at radius 2 is 1.22 bits per heavy atom.